The van der Waals surface area contributed by atoms with E-state index in [1.165, 1.54) is 0 Å². The molecule has 4 nitrogen and oxygen atoms in total. The largest absolute Gasteiger partial charge is 1.00 e. The van der Waals surface area contributed by atoms with Crippen molar-refractivity contribution < 1.29 is 47.6 Å². The molecule has 0 rings (SSSR count). The molecule has 0 aromatic carbocycles. The van der Waals surface area contributed by atoms with Crippen LogP contribution in [0.4, 0.5) is 0 Å². The van der Waals surface area contributed by atoms with Crippen LogP contribution in [0.2, 0.25) is 0 Å². The monoisotopic (exact) mass is 163 g/mol. The van der Waals surface area contributed by atoms with Gasteiger partial charge in [-0.2, -0.15) is 0 Å². The van der Waals surface area contributed by atoms with Gasteiger partial charge < -0.3 is 18.1 Å². The Bertz CT molecular complexity index is 94.0. The Hall–Kier alpha value is 0.870. The summed E-state index contributed by atoms with van der Waals surface area (Å²) in [4.78, 5) is 0. The summed E-state index contributed by atoms with van der Waals surface area (Å²) in [6.45, 7) is 2.13. The van der Waals surface area contributed by atoms with Gasteiger partial charge in [0.05, 0.1) is 11.0 Å². The first-order valence-corrected chi connectivity index (χ1v) is 3.00. The van der Waals surface area contributed by atoms with Crippen molar-refractivity contribution >= 4 is 11.0 Å². The summed E-state index contributed by atoms with van der Waals surface area (Å²) in [7, 11) is -2.32. The summed E-state index contributed by atoms with van der Waals surface area (Å²) < 4.78 is 23.2. The summed E-state index contributed by atoms with van der Waals surface area (Å²) in [5.41, 5.74) is 0. The van der Waals surface area contributed by atoms with Crippen LogP contribution in [0.25, 0.3) is 0 Å². The summed E-state index contributed by atoms with van der Waals surface area (Å²) in [5, 5.41) is 0. The molecule has 0 saturated heterocycles. The zero-order chi connectivity index (χ0) is 5.70. The van der Waals surface area contributed by atoms with Crippen LogP contribution in [-0.2, 0) is 23.6 Å². The predicted molar refractivity (Wildman–Crippen MR) is 26.9 cm³/mol. The maximum Gasteiger partial charge on any atom is 1.00 e. The maximum atomic E-state index is 9.54. The van der Waals surface area contributed by atoms with Gasteiger partial charge in [0.2, 0.25) is 0 Å². The van der Waals surface area contributed by atoms with Crippen LogP contribution in [0.1, 0.15) is 13.3 Å². The van der Waals surface area contributed by atoms with Crippen LogP contribution in [0.15, 0.2) is 0 Å². The van der Waals surface area contributed by atoms with E-state index in [4.69, 9.17) is 0 Å². The van der Waals surface area contributed by atoms with E-state index in [1.807, 2.05) is 6.92 Å². The van der Waals surface area contributed by atoms with Gasteiger partial charge in [-0.15, -0.1) is 0 Å². The van der Waals surface area contributed by atoms with E-state index in [1.54, 1.807) is 0 Å². The molecule has 0 aliphatic heterocycles. The molecule has 0 unspecified atom stereocenters. The first-order chi connectivity index (χ1) is 3.27. The smallest absolute Gasteiger partial charge is 0.870 e. The van der Waals surface area contributed by atoms with Crippen LogP contribution >= 0.6 is 0 Å². The molecule has 0 aromatic heterocycles. The summed E-state index contributed by atoms with van der Waals surface area (Å²) in [5.74, 6) is 0. The van der Waals surface area contributed by atoms with Crippen molar-refractivity contribution in [3.05, 3.63) is 0 Å². The van der Waals surface area contributed by atoms with E-state index in [-0.39, 0.29) is 41.6 Å². The van der Waals surface area contributed by atoms with E-state index >= 15 is 0 Å². The molecule has 0 heterocycles. The predicted octanol–water partition coefficient (Wildman–Crippen LogP) is -2.54. The molecule has 0 aromatic rings. The van der Waals surface area contributed by atoms with E-state index in [0.717, 1.165) is 6.42 Å². The second kappa shape index (κ2) is 11.6. The fraction of sp³-hybridized carbons (Fsp3) is 1.00. The van der Waals surface area contributed by atoms with E-state index < -0.39 is 11.0 Å². The molecular weight excluding hydrogens is 155 g/mol. The van der Waals surface area contributed by atoms with Crippen LogP contribution in [0, 0.1) is 0 Å². The van der Waals surface area contributed by atoms with Gasteiger partial charge in [0.1, 0.15) is 0 Å². The summed E-state index contributed by atoms with van der Waals surface area (Å²) in [6, 6.07) is 0. The standard InChI is InChI=1S/C3H7O3S.Na.H2O/c1-2-3-6-7(4)5;;/h2-3H2,1H3;;1H2/q-1;+1;/p-1. The first kappa shape index (κ1) is 16.5. The second-order valence-corrected chi connectivity index (χ2v) is 1.67. The van der Waals surface area contributed by atoms with Crippen molar-refractivity contribution in [1.29, 1.82) is 0 Å². The van der Waals surface area contributed by atoms with Gasteiger partial charge in [-0.25, -0.2) is 0 Å². The minimum absolute atomic E-state index is 0. The topological polar surface area (TPSA) is 73.4 Å². The molecule has 6 heteroatoms. The Morgan fingerprint density at radius 2 is 1.89 bits per heavy atom. The van der Waals surface area contributed by atoms with Crippen LogP contribution in [0.5, 0.6) is 0 Å². The number of hydrogen-bond acceptors (Lipinski definition) is 5. The third-order valence-corrected chi connectivity index (χ3v) is 0.743. The van der Waals surface area contributed by atoms with E-state index in [9.17, 15) is 8.42 Å². The normalized spacial score (nSPS) is 7.78. The van der Waals surface area contributed by atoms with Crippen molar-refractivity contribution in [2.75, 3.05) is 6.61 Å². The molecule has 0 bridgehead atoms. The third kappa shape index (κ3) is 17.7. The van der Waals surface area contributed by atoms with Crippen molar-refractivity contribution in [3.8, 4) is 0 Å². The average Bonchev–Trinajstić information content (AvgIpc) is 1.61. The van der Waals surface area contributed by atoms with Gasteiger partial charge in [0.15, 0.2) is 0 Å². The van der Waals surface area contributed by atoms with Gasteiger partial charge >= 0.3 is 29.6 Å². The SMILES string of the molecule is CCCO[S-](=O)=O.[Na+].[OH-]. The molecule has 0 atom stereocenters. The van der Waals surface area contributed by atoms with Gasteiger partial charge in [0, 0.05) is 6.61 Å². The van der Waals surface area contributed by atoms with Crippen LogP contribution in [0.3, 0.4) is 0 Å². The zero-order valence-electron chi connectivity index (χ0n) is 5.49. The summed E-state index contributed by atoms with van der Waals surface area (Å²) >= 11 is 0. The molecule has 0 radical (unpaired) electrons. The maximum absolute atomic E-state index is 9.54. The van der Waals surface area contributed by atoms with Gasteiger partial charge in [-0.05, 0) is 6.42 Å². The van der Waals surface area contributed by atoms with Crippen LogP contribution < -0.4 is 29.6 Å². The quantitative estimate of drug-likeness (QED) is 0.339. The molecular formula is C3H8NaO4S-. The molecule has 9 heavy (non-hydrogen) atoms. The summed E-state index contributed by atoms with van der Waals surface area (Å²) in [6.07, 6.45) is 0.730. The van der Waals surface area contributed by atoms with Crippen LogP contribution in [-0.4, -0.2) is 12.1 Å². The van der Waals surface area contributed by atoms with Crippen molar-refractivity contribution in [1.82, 2.24) is 0 Å². The van der Waals surface area contributed by atoms with Crippen molar-refractivity contribution in [2.24, 2.45) is 0 Å². The van der Waals surface area contributed by atoms with Crippen molar-refractivity contribution in [3.63, 3.8) is 0 Å². The second-order valence-electron chi connectivity index (χ2n) is 1.03. The molecule has 0 spiro atoms. The molecule has 0 aliphatic carbocycles. The van der Waals surface area contributed by atoms with Gasteiger partial charge in [-0.1, -0.05) is 6.92 Å². The molecule has 1 N–H and O–H groups in total. The first-order valence-electron chi connectivity index (χ1n) is 2.00. The Morgan fingerprint density at radius 1 is 1.44 bits per heavy atom. The number of hydrogen-bond donors (Lipinski definition) is 0. The zero-order valence-corrected chi connectivity index (χ0v) is 8.31. The Kier molecular flexibility index (Phi) is 21.3. The van der Waals surface area contributed by atoms with E-state index in [2.05, 4.69) is 4.18 Å². The fourth-order valence-corrected chi connectivity index (χ4v) is 0.454. The van der Waals surface area contributed by atoms with Crippen molar-refractivity contribution in [2.45, 2.75) is 13.3 Å². The molecule has 0 fully saturated rings. The fourth-order valence-electron chi connectivity index (χ4n) is 0.151. The minimum Gasteiger partial charge on any atom is -0.870 e. The Morgan fingerprint density at radius 3 is 2.00 bits per heavy atom. The average molecular weight is 163 g/mol. The third-order valence-electron chi connectivity index (χ3n) is 0.384. The molecule has 0 saturated carbocycles. The Balaban J connectivity index is -0.000000180. The Labute approximate surface area is 78.3 Å². The van der Waals surface area contributed by atoms with Gasteiger partial charge in [0.25, 0.3) is 0 Å². The molecule has 0 amide bonds. The minimum atomic E-state index is -2.32. The molecule has 0 aliphatic rings. The van der Waals surface area contributed by atoms with E-state index in [0.29, 0.717) is 0 Å². The van der Waals surface area contributed by atoms with Gasteiger partial charge in [-0.3, -0.25) is 0 Å². The number of rotatable bonds is 3. The molecule has 52 valence electrons.